The van der Waals surface area contributed by atoms with Gasteiger partial charge in [0.05, 0.1) is 11.6 Å². The Morgan fingerprint density at radius 1 is 1.57 bits per heavy atom. The van der Waals surface area contributed by atoms with Gasteiger partial charge in [0.15, 0.2) is 0 Å². The molecule has 1 aromatic carbocycles. The lowest BCUT2D eigenvalue weighted by Gasteiger charge is -2.04. The maximum Gasteiger partial charge on any atom is 0.305 e. The molecule has 0 fully saturated rings. The summed E-state index contributed by atoms with van der Waals surface area (Å²) in [5.74, 6) is -0.0826. The van der Waals surface area contributed by atoms with Crippen LogP contribution >= 0.6 is 15.9 Å². The normalized spacial score (nSPS) is 9.86. The monoisotopic (exact) mass is 258 g/mol. The quantitative estimate of drug-likeness (QED) is 0.847. The predicted octanol–water partition coefficient (Wildman–Crippen LogP) is 2.26. The molecule has 3 nitrogen and oxygen atoms in total. The molecule has 76 valence electrons. The van der Waals surface area contributed by atoms with E-state index in [1.807, 2.05) is 6.07 Å². The molecule has 1 N–H and O–H groups in total. The van der Waals surface area contributed by atoms with Crippen LogP contribution < -0.4 is 0 Å². The highest BCUT2D eigenvalue weighted by Gasteiger charge is 2.07. The van der Waals surface area contributed by atoms with Crippen LogP contribution in [0.25, 0.3) is 0 Å². The van der Waals surface area contributed by atoms with Gasteiger partial charge < -0.3 is 9.84 Å². The van der Waals surface area contributed by atoms with Crippen LogP contribution in [-0.4, -0.2) is 18.2 Å². The Bertz CT molecular complexity index is 336. The van der Waals surface area contributed by atoms with E-state index in [1.54, 1.807) is 12.1 Å². The standard InChI is InChI=1S/C10H11BrO3/c1-14-9(12)6-5-7-3-2-4-8(11)10(7)13/h2-4,13H,5-6H2,1H3. The van der Waals surface area contributed by atoms with E-state index < -0.39 is 0 Å². The molecule has 14 heavy (non-hydrogen) atoms. The minimum absolute atomic E-state index is 0.191. The van der Waals surface area contributed by atoms with Crippen LogP contribution in [0.2, 0.25) is 0 Å². The lowest BCUT2D eigenvalue weighted by molar-refractivity contribution is -0.140. The number of carbonyl (C=O) groups is 1. The molecular formula is C10H11BrO3. The maximum atomic E-state index is 10.9. The van der Waals surface area contributed by atoms with Gasteiger partial charge in [-0.25, -0.2) is 0 Å². The Morgan fingerprint density at radius 3 is 2.93 bits per heavy atom. The Labute approximate surface area is 90.8 Å². The van der Waals surface area contributed by atoms with Crippen molar-refractivity contribution in [3.63, 3.8) is 0 Å². The van der Waals surface area contributed by atoms with Crippen molar-refractivity contribution in [3.8, 4) is 5.75 Å². The number of ether oxygens (including phenoxy) is 1. The van der Waals surface area contributed by atoms with E-state index in [-0.39, 0.29) is 18.1 Å². The molecule has 0 aliphatic heterocycles. The first-order chi connectivity index (χ1) is 6.65. The number of phenols is 1. The highest BCUT2D eigenvalue weighted by Crippen LogP contribution is 2.28. The molecule has 0 aliphatic carbocycles. The number of carbonyl (C=O) groups excluding carboxylic acids is 1. The van der Waals surface area contributed by atoms with Gasteiger partial charge in [0, 0.05) is 6.42 Å². The molecule has 0 aromatic heterocycles. The van der Waals surface area contributed by atoms with Crippen molar-refractivity contribution < 1.29 is 14.6 Å². The van der Waals surface area contributed by atoms with Crippen LogP contribution in [0, 0.1) is 0 Å². The molecule has 0 radical (unpaired) electrons. The summed E-state index contributed by atoms with van der Waals surface area (Å²) in [4.78, 5) is 10.9. The zero-order valence-electron chi connectivity index (χ0n) is 7.79. The smallest absolute Gasteiger partial charge is 0.305 e. The summed E-state index contributed by atoms with van der Waals surface area (Å²) < 4.78 is 5.15. The van der Waals surface area contributed by atoms with E-state index in [0.29, 0.717) is 10.9 Å². The summed E-state index contributed by atoms with van der Waals surface area (Å²) >= 11 is 3.20. The fourth-order valence-electron chi connectivity index (χ4n) is 1.10. The van der Waals surface area contributed by atoms with Gasteiger partial charge in [0.25, 0.3) is 0 Å². The lowest BCUT2D eigenvalue weighted by atomic mass is 10.1. The molecule has 0 amide bonds. The molecule has 0 heterocycles. The van der Waals surface area contributed by atoms with Crippen molar-refractivity contribution in [2.45, 2.75) is 12.8 Å². The van der Waals surface area contributed by atoms with Crippen molar-refractivity contribution in [1.29, 1.82) is 0 Å². The van der Waals surface area contributed by atoms with Crippen LogP contribution in [0.15, 0.2) is 22.7 Å². The van der Waals surface area contributed by atoms with Gasteiger partial charge in [0.2, 0.25) is 0 Å². The van der Waals surface area contributed by atoms with Crippen molar-refractivity contribution in [2.24, 2.45) is 0 Å². The molecule has 0 spiro atoms. The first-order valence-electron chi connectivity index (χ1n) is 4.18. The first kappa shape index (κ1) is 11.0. The van der Waals surface area contributed by atoms with E-state index in [2.05, 4.69) is 20.7 Å². The molecule has 1 rings (SSSR count). The Balaban J connectivity index is 2.68. The number of benzene rings is 1. The topological polar surface area (TPSA) is 46.5 Å². The van der Waals surface area contributed by atoms with Crippen LogP contribution in [0.5, 0.6) is 5.75 Å². The summed E-state index contributed by atoms with van der Waals surface area (Å²) in [6.07, 6.45) is 0.762. The van der Waals surface area contributed by atoms with Crippen molar-refractivity contribution >= 4 is 21.9 Å². The van der Waals surface area contributed by atoms with E-state index in [9.17, 15) is 9.90 Å². The Kier molecular flexibility index (Phi) is 3.95. The predicted molar refractivity (Wildman–Crippen MR) is 56.1 cm³/mol. The average molecular weight is 259 g/mol. The number of hydrogen-bond acceptors (Lipinski definition) is 3. The summed E-state index contributed by atoms with van der Waals surface area (Å²) in [6, 6.07) is 5.34. The van der Waals surface area contributed by atoms with Crippen LogP contribution in [0.3, 0.4) is 0 Å². The van der Waals surface area contributed by atoms with Crippen molar-refractivity contribution in [2.75, 3.05) is 7.11 Å². The zero-order chi connectivity index (χ0) is 10.6. The summed E-state index contributed by atoms with van der Waals surface area (Å²) in [7, 11) is 1.35. The molecule has 0 aliphatic rings. The molecule has 4 heteroatoms. The SMILES string of the molecule is COC(=O)CCc1cccc(Br)c1O. The van der Waals surface area contributed by atoms with E-state index in [1.165, 1.54) is 7.11 Å². The second-order valence-electron chi connectivity index (χ2n) is 2.82. The number of rotatable bonds is 3. The number of esters is 1. The number of aryl methyl sites for hydroxylation is 1. The second-order valence-corrected chi connectivity index (χ2v) is 3.68. The summed E-state index contributed by atoms with van der Waals surface area (Å²) in [6.45, 7) is 0. The van der Waals surface area contributed by atoms with Gasteiger partial charge in [-0.05, 0) is 34.0 Å². The van der Waals surface area contributed by atoms with Gasteiger partial charge in [-0.2, -0.15) is 0 Å². The molecule has 0 bridgehead atoms. The minimum Gasteiger partial charge on any atom is -0.506 e. The average Bonchev–Trinajstić information content (AvgIpc) is 2.20. The third-order valence-corrected chi connectivity index (χ3v) is 2.54. The van der Waals surface area contributed by atoms with Gasteiger partial charge in [-0.15, -0.1) is 0 Å². The molecule has 0 atom stereocenters. The number of methoxy groups -OCH3 is 1. The number of para-hydroxylation sites is 1. The van der Waals surface area contributed by atoms with Crippen LogP contribution in [0.1, 0.15) is 12.0 Å². The van der Waals surface area contributed by atoms with Gasteiger partial charge in [0.1, 0.15) is 5.75 Å². The largest absolute Gasteiger partial charge is 0.506 e. The number of halogens is 1. The molecule has 0 saturated carbocycles. The van der Waals surface area contributed by atoms with Crippen LogP contribution in [0.4, 0.5) is 0 Å². The summed E-state index contributed by atoms with van der Waals surface area (Å²) in [5, 5.41) is 9.58. The van der Waals surface area contributed by atoms with E-state index in [0.717, 1.165) is 5.56 Å². The highest BCUT2D eigenvalue weighted by molar-refractivity contribution is 9.10. The van der Waals surface area contributed by atoms with Gasteiger partial charge in [-0.1, -0.05) is 12.1 Å². The molecular weight excluding hydrogens is 248 g/mol. The Hall–Kier alpha value is -1.03. The fraction of sp³-hybridized carbons (Fsp3) is 0.300. The number of phenolic OH excluding ortho intramolecular Hbond substituents is 1. The minimum atomic E-state index is -0.274. The van der Waals surface area contributed by atoms with Crippen molar-refractivity contribution in [1.82, 2.24) is 0 Å². The zero-order valence-corrected chi connectivity index (χ0v) is 9.37. The second kappa shape index (κ2) is 5.00. The number of hydrogen-bond donors (Lipinski definition) is 1. The van der Waals surface area contributed by atoms with E-state index in [4.69, 9.17) is 0 Å². The third-order valence-electron chi connectivity index (χ3n) is 1.90. The fourth-order valence-corrected chi connectivity index (χ4v) is 1.51. The number of aromatic hydroxyl groups is 1. The van der Waals surface area contributed by atoms with Gasteiger partial charge in [-0.3, -0.25) is 4.79 Å². The van der Waals surface area contributed by atoms with Gasteiger partial charge >= 0.3 is 5.97 Å². The maximum absolute atomic E-state index is 10.9. The molecule has 0 unspecified atom stereocenters. The van der Waals surface area contributed by atoms with Crippen molar-refractivity contribution in [3.05, 3.63) is 28.2 Å². The summed E-state index contributed by atoms with van der Waals surface area (Å²) in [5.41, 5.74) is 0.741. The van der Waals surface area contributed by atoms with Crippen LogP contribution in [-0.2, 0) is 16.0 Å². The third kappa shape index (κ3) is 2.73. The first-order valence-corrected chi connectivity index (χ1v) is 4.97. The Morgan fingerprint density at radius 2 is 2.29 bits per heavy atom. The van der Waals surface area contributed by atoms with E-state index >= 15 is 0 Å². The molecule has 1 aromatic rings. The lowest BCUT2D eigenvalue weighted by Crippen LogP contribution is -2.01. The molecule has 0 saturated heterocycles. The highest BCUT2D eigenvalue weighted by atomic mass is 79.9.